The Morgan fingerprint density at radius 3 is 2.71 bits per heavy atom. The van der Waals surface area contributed by atoms with Crippen LogP contribution in [0.4, 0.5) is 0 Å². The van der Waals surface area contributed by atoms with E-state index in [0.717, 1.165) is 32.1 Å². The second-order valence-corrected chi connectivity index (χ2v) is 11.3. The highest BCUT2D eigenvalue weighted by molar-refractivity contribution is 7.81. The Labute approximate surface area is 180 Å². The molecule has 0 amide bonds. The number of carbonyl (C=O) groups is 1. The average Bonchev–Trinajstić information content (AvgIpc) is 2.92. The number of methoxy groups -OCH3 is 1. The molecule has 0 spiro atoms. The van der Waals surface area contributed by atoms with E-state index in [1.165, 1.54) is 6.42 Å². The van der Waals surface area contributed by atoms with Gasteiger partial charge in [-0.05, 0) is 61.7 Å². The molecule has 0 N–H and O–H groups in total. The summed E-state index contributed by atoms with van der Waals surface area (Å²) in [6.45, 7) is 6.65. The number of hydrogen-bond donors (Lipinski definition) is 1. The van der Waals surface area contributed by atoms with Crippen LogP contribution in [0.3, 0.4) is 0 Å². The predicted molar refractivity (Wildman–Crippen MR) is 116 cm³/mol. The van der Waals surface area contributed by atoms with Crippen LogP contribution in [0.2, 0.25) is 0 Å². The van der Waals surface area contributed by atoms with E-state index < -0.39 is 0 Å². The van der Waals surface area contributed by atoms with E-state index in [-0.39, 0.29) is 34.4 Å². The van der Waals surface area contributed by atoms with E-state index in [1.54, 1.807) is 5.57 Å². The van der Waals surface area contributed by atoms with Crippen LogP contribution < -0.4 is 0 Å². The summed E-state index contributed by atoms with van der Waals surface area (Å²) < 4.78 is 12.0. The van der Waals surface area contributed by atoms with Crippen molar-refractivity contribution >= 4 is 30.2 Å². The molecule has 28 heavy (non-hydrogen) atoms. The number of esters is 1. The van der Waals surface area contributed by atoms with E-state index >= 15 is 0 Å². The Morgan fingerprint density at radius 1 is 1.29 bits per heavy atom. The zero-order valence-corrected chi connectivity index (χ0v) is 19.3. The first kappa shape index (κ1) is 21.1. The largest absolute Gasteiger partial charge is 0.460 e. The Kier molecular flexibility index (Phi) is 5.64. The zero-order chi connectivity index (χ0) is 20.3. The maximum atomic E-state index is 12.1. The van der Waals surface area contributed by atoms with Gasteiger partial charge in [-0.25, -0.2) is 0 Å². The van der Waals surface area contributed by atoms with Crippen LogP contribution >= 0.6 is 24.2 Å². The lowest BCUT2D eigenvalue weighted by atomic mass is 9.46. The monoisotopic (exact) mass is 426 g/mol. The normalized spacial score (nSPS) is 50.2. The third kappa shape index (κ3) is 3.08. The van der Waals surface area contributed by atoms with Gasteiger partial charge in [0, 0.05) is 24.2 Å². The Balaban J connectivity index is 1.69. The first-order valence-electron chi connectivity index (χ1n) is 11.0. The standard InChI is InChI=1S/C23H35ClO3S/c1-5-19(25)27-21-17(24)12-16-20-15(7-9-23(16,21)3)22(2)8-6-14(28)10-13(22)11-18(20)26-4/h10,14-18,20-21,28H,5-9,11-12H2,1-4H3/t14-,15?,16?,17+,18?,20?,21?,22-,23-/m0/s1. The molecule has 0 aromatic heterocycles. The average molecular weight is 427 g/mol. The van der Waals surface area contributed by atoms with E-state index in [4.69, 9.17) is 33.7 Å². The van der Waals surface area contributed by atoms with Crippen molar-refractivity contribution in [1.29, 1.82) is 0 Å². The van der Waals surface area contributed by atoms with Gasteiger partial charge in [-0.1, -0.05) is 32.4 Å². The minimum absolute atomic E-state index is 0.0481. The number of carbonyl (C=O) groups excluding carboxylic acids is 1. The summed E-state index contributed by atoms with van der Waals surface area (Å²) in [5, 5.41) is 0.280. The summed E-state index contributed by atoms with van der Waals surface area (Å²) in [4.78, 5) is 12.1. The SMILES string of the molecule is CCC(=O)OC1[C@H](Cl)CC2C3C(OC)CC4=C[C@@H](S)CC[C@]4(C)C3CC[C@@]21C. The van der Waals surface area contributed by atoms with E-state index in [2.05, 4.69) is 19.9 Å². The summed E-state index contributed by atoms with van der Waals surface area (Å²) in [6.07, 6.45) is 9.39. The van der Waals surface area contributed by atoms with Gasteiger partial charge in [0.05, 0.1) is 11.5 Å². The van der Waals surface area contributed by atoms with E-state index in [0.29, 0.717) is 29.4 Å². The summed E-state index contributed by atoms with van der Waals surface area (Å²) in [6, 6.07) is 0. The molecule has 0 aromatic rings. The molecule has 3 saturated carbocycles. The smallest absolute Gasteiger partial charge is 0.305 e. The number of fused-ring (bicyclic) bond motifs is 5. The molecule has 4 rings (SSSR count). The molecule has 158 valence electrons. The fourth-order valence-corrected chi connectivity index (χ4v) is 8.09. The highest BCUT2D eigenvalue weighted by Crippen LogP contribution is 2.66. The Bertz CT molecular complexity index is 666. The molecule has 0 radical (unpaired) electrons. The third-order valence-electron chi connectivity index (χ3n) is 8.83. The van der Waals surface area contributed by atoms with Crippen molar-refractivity contribution in [2.75, 3.05) is 7.11 Å². The molecular formula is C23H35ClO3S. The number of ether oxygens (including phenoxy) is 2. The second kappa shape index (κ2) is 7.50. The fraction of sp³-hybridized carbons (Fsp3) is 0.870. The highest BCUT2D eigenvalue weighted by Gasteiger charge is 2.64. The Hall–Kier alpha value is -0.190. The molecule has 3 fully saturated rings. The predicted octanol–water partition coefficient (Wildman–Crippen LogP) is 5.41. The van der Waals surface area contributed by atoms with Crippen molar-refractivity contribution in [2.24, 2.45) is 28.6 Å². The molecule has 0 aromatic carbocycles. The van der Waals surface area contributed by atoms with Gasteiger partial charge in [-0.2, -0.15) is 12.6 Å². The number of halogens is 1. The molecule has 0 aliphatic heterocycles. The number of hydrogen-bond acceptors (Lipinski definition) is 4. The second-order valence-electron chi connectivity index (χ2n) is 10.0. The van der Waals surface area contributed by atoms with Gasteiger partial charge >= 0.3 is 5.97 Å². The molecular weight excluding hydrogens is 392 g/mol. The Morgan fingerprint density at radius 2 is 2.04 bits per heavy atom. The van der Waals surface area contributed by atoms with Crippen molar-refractivity contribution in [1.82, 2.24) is 0 Å². The molecule has 0 saturated heterocycles. The summed E-state index contributed by atoms with van der Waals surface area (Å²) >= 11 is 11.6. The number of alkyl halides is 1. The van der Waals surface area contributed by atoms with Crippen LogP contribution in [-0.4, -0.2) is 35.9 Å². The van der Waals surface area contributed by atoms with Gasteiger partial charge in [-0.3, -0.25) is 4.79 Å². The molecule has 3 nitrogen and oxygen atoms in total. The van der Waals surface area contributed by atoms with Crippen LogP contribution in [0.1, 0.15) is 65.7 Å². The lowest BCUT2D eigenvalue weighted by Gasteiger charge is -2.60. The first-order valence-corrected chi connectivity index (χ1v) is 12.0. The molecule has 4 aliphatic carbocycles. The summed E-state index contributed by atoms with van der Waals surface area (Å²) in [5.41, 5.74) is 1.76. The molecule has 0 bridgehead atoms. The van der Waals surface area contributed by atoms with Crippen LogP contribution in [0.15, 0.2) is 11.6 Å². The van der Waals surface area contributed by atoms with Gasteiger partial charge in [0.1, 0.15) is 6.10 Å². The van der Waals surface area contributed by atoms with Crippen LogP contribution in [0.25, 0.3) is 0 Å². The van der Waals surface area contributed by atoms with Gasteiger partial charge in [0.2, 0.25) is 0 Å². The summed E-state index contributed by atoms with van der Waals surface area (Å²) in [5.74, 6) is 1.41. The lowest BCUT2D eigenvalue weighted by Crippen LogP contribution is -2.56. The van der Waals surface area contributed by atoms with E-state index in [9.17, 15) is 4.79 Å². The van der Waals surface area contributed by atoms with Gasteiger partial charge in [-0.15, -0.1) is 11.6 Å². The molecule has 0 heterocycles. The topological polar surface area (TPSA) is 35.5 Å². The number of thiol groups is 1. The van der Waals surface area contributed by atoms with Crippen molar-refractivity contribution in [3.05, 3.63) is 11.6 Å². The molecule has 4 aliphatic rings. The van der Waals surface area contributed by atoms with Gasteiger partial charge in [0.15, 0.2) is 0 Å². The molecule has 5 unspecified atom stereocenters. The van der Waals surface area contributed by atoms with Gasteiger partial charge in [0.25, 0.3) is 0 Å². The third-order valence-corrected chi connectivity index (χ3v) is 9.65. The minimum Gasteiger partial charge on any atom is -0.460 e. The maximum absolute atomic E-state index is 12.1. The van der Waals surface area contributed by atoms with E-state index in [1.807, 2.05) is 14.0 Å². The lowest BCUT2D eigenvalue weighted by molar-refractivity contribution is -0.164. The van der Waals surface area contributed by atoms with Crippen LogP contribution in [0, 0.1) is 28.6 Å². The number of rotatable bonds is 3. The van der Waals surface area contributed by atoms with Crippen molar-refractivity contribution < 1.29 is 14.3 Å². The van der Waals surface area contributed by atoms with Crippen molar-refractivity contribution in [3.8, 4) is 0 Å². The first-order chi connectivity index (χ1) is 13.2. The summed E-state index contributed by atoms with van der Waals surface area (Å²) in [7, 11) is 1.86. The quantitative estimate of drug-likeness (QED) is 0.283. The van der Waals surface area contributed by atoms with Crippen LogP contribution in [-0.2, 0) is 14.3 Å². The van der Waals surface area contributed by atoms with Crippen molar-refractivity contribution in [3.63, 3.8) is 0 Å². The van der Waals surface area contributed by atoms with Crippen molar-refractivity contribution in [2.45, 2.75) is 88.6 Å². The molecule has 9 atom stereocenters. The highest BCUT2D eigenvalue weighted by atomic mass is 35.5. The van der Waals surface area contributed by atoms with Gasteiger partial charge < -0.3 is 9.47 Å². The molecule has 5 heteroatoms. The maximum Gasteiger partial charge on any atom is 0.305 e. The minimum atomic E-state index is -0.178. The zero-order valence-electron chi connectivity index (χ0n) is 17.6. The fourth-order valence-electron chi connectivity index (χ4n) is 7.25. The van der Waals surface area contributed by atoms with Crippen LogP contribution in [0.5, 0.6) is 0 Å².